The van der Waals surface area contributed by atoms with Gasteiger partial charge in [-0.05, 0) is 36.5 Å². The maximum absolute atomic E-state index is 11.2. The number of ketones is 1. The number of hydrogen-bond donors (Lipinski definition) is 0. The lowest BCUT2D eigenvalue weighted by Crippen LogP contribution is -2.13. The molecule has 1 unspecified atom stereocenters. The van der Waals surface area contributed by atoms with Gasteiger partial charge in [-0.3, -0.25) is 9.78 Å². The number of carbonyl (C=O) groups is 1. The highest BCUT2D eigenvalue weighted by Crippen LogP contribution is 2.30. The molecule has 1 saturated carbocycles. The first-order chi connectivity index (χ1) is 6.36. The second-order valence-electron chi connectivity index (χ2n) is 3.61. The van der Waals surface area contributed by atoms with E-state index in [9.17, 15) is 4.79 Å². The zero-order chi connectivity index (χ0) is 9.10. The van der Waals surface area contributed by atoms with Gasteiger partial charge in [0.25, 0.3) is 0 Å². The van der Waals surface area contributed by atoms with Crippen LogP contribution in [0.4, 0.5) is 0 Å². The molecule has 1 aromatic rings. The molecule has 0 spiro atoms. The minimum Gasteiger partial charge on any atom is -0.300 e. The van der Waals surface area contributed by atoms with Crippen LogP contribution in [0.5, 0.6) is 0 Å². The van der Waals surface area contributed by atoms with Crippen LogP contribution in [-0.4, -0.2) is 10.8 Å². The lowest BCUT2D eigenvalue weighted by Gasteiger charge is -2.20. The van der Waals surface area contributed by atoms with Gasteiger partial charge in [-0.25, -0.2) is 0 Å². The fourth-order valence-corrected chi connectivity index (χ4v) is 1.94. The number of nitrogens with zero attached hydrogens (tertiary/aromatic N) is 1. The monoisotopic (exact) mass is 175 g/mol. The SMILES string of the molecule is O=C1CCCC(c2ccncc2)C1. The Hall–Kier alpha value is -1.18. The maximum atomic E-state index is 11.2. The molecule has 2 heteroatoms. The summed E-state index contributed by atoms with van der Waals surface area (Å²) < 4.78 is 0. The summed E-state index contributed by atoms with van der Waals surface area (Å²) in [6, 6.07) is 4.03. The van der Waals surface area contributed by atoms with Gasteiger partial charge in [0.1, 0.15) is 5.78 Å². The molecular weight excluding hydrogens is 162 g/mol. The fraction of sp³-hybridized carbons (Fsp3) is 0.455. The Bertz CT molecular complexity index is 294. The van der Waals surface area contributed by atoms with Crippen molar-refractivity contribution in [3.05, 3.63) is 30.1 Å². The molecule has 1 aliphatic rings. The first-order valence-electron chi connectivity index (χ1n) is 4.78. The summed E-state index contributed by atoms with van der Waals surface area (Å²) in [5, 5.41) is 0. The Labute approximate surface area is 78.0 Å². The van der Waals surface area contributed by atoms with E-state index in [4.69, 9.17) is 0 Å². The van der Waals surface area contributed by atoms with Gasteiger partial charge in [0.05, 0.1) is 0 Å². The van der Waals surface area contributed by atoms with E-state index in [0.717, 1.165) is 25.7 Å². The molecule has 1 fully saturated rings. The molecule has 1 aromatic heterocycles. The van der Waals surface area contributed by atoms with Crippen LogP contribution >= 0.6 is 0 Å². The average molecular weight is 175 g/mol. The molecule has 1 atom stereocenters. The normalized spacial score (nSPS) is 23.1. The smallest absolute Gasteiger partial charge is 0.133 e. The van der Waals surface area contributed by atoms with Crippen molar-refractivity contribution >= 4 is 5.78 Å². The van der Waals surface area contributed by atoms with Gasteiger partial charge in [-0.1, -0.05) is 0 Å². The van der Waals surface area contributed by atoms with E-state index in [2.05, 4.69) is 4.98 Å². The minimum absolute atomic E-state index is 0.410. The van der Waals surface area contributed by atoms with Gasteiger partial charge in [-0.15, -0.1) is 0 Å². The first kappa shape index (κ1) is 8.42. The van der Waals surface area contributed by atoms with Crippen molar-refractivity contribution in [1.82, 2.24) is 4.98 Å². The molecular formula is C11H13NO. The Morgan fingerprint density at radius 1 is 1.31 bits per heavy atom. The van der Waals surface area contributed by atoms with Crippen LogP contribution in [0.1, 0.15) is 37.2 Å². The molecule has 2 nitrogen and oxygen atoms in total. The standard InChI is InChI=1S/C11H13NO/c13-11-3-1-2-10(8-11)9-4-6-12-7-5-9/h4-7,10H,1-3,8H2. The van der Waals surface area contributed by atoms with Crippen molar-refractivity contribution in [2.75, 3.05) is 0 Å². The van der Waals surface area contributed by atoms with Crippen molar-refractivity contribution in [2.45, 2.75) is 31.6 Å². The minimum atomic E-state index is 0.410. The van der Waals surface area contributed by atoms with E-state index in [1.807, 2.05) is 12.1 Å². The molecule has 1 heterocycles. The van der Waals surface area contributed by atoms with E-state index in [-0.39, 0.29) is 0 Å². The van der Waals surface area contributed by atoms with Gasteiger partial charge in [0, 0.05) is 25.2 Å². The van der Waals surface area contributed by atoms with Gasteiger partial charge in [0.2, 0.25) is 0 Å². The van der Waals surface area contributed by atoms with Crippen LogP contribution in [0.3, 0.4) is 0 Å². The van der Waals surface area contributed by atoms with E-state index >= 15 is 0 Å². The average Bonchev–Trinajstić information content (AvgIpc) is 2.19. The van der Waals surface area contributed by atoms with Crippen LogP contribution in [0.25, 0.3) is 0 Å². The zero-order valence-electron chi connectivity index (χ0n) is 7.57. The van der Waals surface area contributed by atoms with E-state index < -0.39 is 0 Å². The number of pyridine rings is 1. The highest BCUT2D eigenvalue weighted by molar-refractivity contribution is 5.80. The lowest BCUT2D eigenvalue weighted by atomic mass is 9.84. The van der Waals surface area contributed by atoms with Crippen LogP contribution < -0.4 is 0 Å². The number of Topliss-reactive ketones (excluding diaryl/α,β-unsaturated/α-hetero) is 1. The topological polar surface area (TPSA) is 30.0 Å². The molecule has 0 amide bonds. The van der Waals surface area contributed by atoms with Gasteiger partial charge in [-0.2, -0.15) is 0 Å². The summed E-state index contributed by atoms with van der Waals surface area (Å²) in [4.78, 5) is 15.2. The number of carbonyl (C=O) groups excluding carboxylic acids is 1. The van der Waals surface area contributed by atoms with E-state index in [1.165, 1.54) is 5.56 Å². The Morgan fingerprint density at radius 3 is 2.77 bits per heavy atom. The third kappa shape index (κ3) is 1.94. The molecule has 1 aliphatic carbocycles. The third-order valence-corrected chi connectivity index (χ3v) is 2.66. The van der Waals surface area contributed by atoms with Crippen molar-refractivity contribution < 1.29 is 4.79 Å². The van der Waals surface area contributed by atoms with Crippen molar-refractivity contribution in [2.24, 2.45) is 0 Å². The summed E-state index contributed by atoms with van der Waals surface area (Å²) in [5.41, 5.74) is 1.27. The van der Waals surface area contributed by atoms with Crippen molar-refractivity contribution in [3.8, 4) is 0 Å². The molecule has 13 heavy (non-hydrogen) atoms. The van der Waals surface area contributed by atoms with Crippen LogP contribution in [-0.2, 0) is 4.79 Å². The number of hydrogen-bond acceptors (Lipinski definition) is 2. The number of rotatable bonds is 1. The van der Waals surface area contributed by atoms with Crippen molar-refractivity contribution in [3.63, 3.8) is 0 Å². The fourth-order valence-electron chi connectivity index (χ4n) is 1.94. The second-order valence-corrected chi connectivity index (χ2v) is 3.61. The van der Waals surface area contributed by atoms with Crippen LogP contribution in [0.15, 0.2) is 24.5 Å². The maximum Gasteiger partial charge on any atom is 0.133 e. The van der Waals surface area contributed by atoms with Crippen LogP contribution in [0.2, 0.25) is 0 Å². The Morgan fingerprint density at radius 2 is 2.08 bits per heavy atom. The molecule has 0 N–H and O–H groups in total. The molecule has 0 bridgehead atoms. The summed E-state index contributed by atoms with van der Waals surface area (Å²) in [6.07, 6.45) is 7.30. The second kappa shape index (κ2) is 3.69. The summed E-state index contributed by atoms with van der Waals surface area (Å²) >= 11 is 0. The Kier molecular flexibility index (Phi) is 2.39. The third-order valence-electron chi connectivity index (χ3n) is 2.66. The van der Waals surface area contributed by atoms with E-state index in [0.29, 0.717) is 11.7 Å². The summed E-state index contributed by atoms with van der Waals surface area (Å²) in [6.45, 7) is 0. The molecule has 0 aliphatic heterocycles. The predicted molar refractivity (Wildman–Crippen MR) is 50.5 cm³/mol. The molecule has 2 rings (SSSR count). The largest absolute Gasteiger partial charge is 0.300 e. The zero-order valence-corrected chi connectivity index (χ0v) is 7.57. The predicted octanol–water partition coefficient (Wildman–Crippen LogP) is 2.31. The summed E-state index contributed by atoms with van der Waals surface area (Å²) in [7, 11) is 0. The van der Waals surface area contributed by atoms with Crippen molar-refractivity contribution in [1.29, 1.82) is 0 Å². The van der Waals surface area contributed by atoms with Gasteiger partial charge >= 0.3 is 0 Å². The molecule has 0 radical (unpaired) electrons. The molecule has 68 valence electrons. The molecule has 0 aromatic carbocycles. The highest BCUT2D eigenvalue weighted by atomic mass is 16.1. The quantitative estimate of drug-likeness (QED) is 0.655. The summed E-state index contributed by atoms with van der Waals surface area (Å²) in [5.74, 6) is 0.859. The van der Waals surface area contributed by atoms with Crippen LogP contribution in [0, 0.1) is 0 Å². The Balaban J connectivity index is 2.13. The van der Waals surface area contributed by atoms with Gasteiger partial charge in [0.15, 0.2) is 0 Å². The van der Waals surface area contributed by atoms with E-state index in [1.54, 1.807) is 12.4 Å². The lowest BCUT2D eigenvalue weighted by molar-refractivity contribution is -0.120. The molecule has 0 saturated heterocycles. The number of aromatic nitrogens is 1. The van der Waals surface area contributed by atoms with Gasteiger partial charge < -0.3 is 0 Å². The first-order valence-corrected chi connectivity index (χ1v) is 4.78. The highest BCUT2D eigenvalue weighted by Gasteiger charge is 2.20.